The minimum Gasteiger partial charge on any atom is -0.509 e. The maximum Gasteiger partial charge on any atom is 0.362 e. The standard InChI is InChI=1S/C13H12BrFN2O5/c1-21-11(19)6-10(18)12(13(20)22-2)17-16-7-3-4-8(14)9(15)5-7/h3-5,18H,6H2,1-2H3. The molecule has 0 atom stereocenters. The van der Waals surface area contributed by atoms with Gasteiger partial charge in [-0.3, -0.25) is 4.79 Å². The van der Waals surface area contributed by atoms with E-state index in [4.69, 9.17) is 0 Å². The second kappa shape index (κ2) is 8.23. The number of halogens is 2. The van der Waals surface area contributed by atoms with Gasteiger partial charge < -0.3 is 14.6 Å². The largest absolute Gasteiger partial charge is 0.509 e. The van der Waals surface area contributed by atoms with E-state index in [1.807, 2.05) is 0 Å². The van der Waals surface area contributed by atoms with Gasteiger partial charge in [-0.25, -0.2) is 9.18 Å². The highest BCUT2D eigenvalue weighted by molar-refractivity contribution is 9.10. The zero-order valence-corrected chi connectivity index (χ0v) is 13.3. The number of rotatable bonds is 5. The van der Waals surface area contributed by atoms with Crippen molar-refractivity contribution in [1.82, 2.24) is 0 Å². The summed E-state index contributed by atoms with van der Waals surface area (Å²) < 4.78 is 22.4. The van der Waals surface area contributed by atoms with E-state index in [1.54, 1.807) is 0 Å². The number of hydrogen-bond donors (Lipinski definition) is 1. The first-order valence-corrected chi connectivity index (χ1v) is 6.62. The van der Waals surface area contributed by atoms with Gasteiger partial charge in [-0.05, 0) is 28.1 Å². The van der Waals surface area contributed by atoms with Crippen LogP contribution in [0.15, 0.2) is 44.4 Å². The Bertz CT molecular complexity index is 645. The summed E-state index contributed by atoms with van der Waals surface area (Å²) in [6, 6.07) is 3.91. The quantitative estimate of drug-likeness (QED) is 0.369. The van der Waals surface area contributed by atoms with Crippen LogP contribution in [0, 0.1) is 5.82 Å². The summed E-state index contributed by atoms with van der Waals surface area (Å²) in [6.45, 7) is 0. The molecule has 0 aliphatic heterocycles. The van der Waals surface area contributed by atoms with E-state index in [-0.39, 0.29) is 10.2 Å². The maximum atomic E-state index is 13.3. The summed E-state index contributed by atoms with van der Waals surface area (Å²) in [7, 11) is 2.20. The van der Waals surface area contributed by atoms with Crippen molar-refractivity contribution in [3.63, 3.8) is 0 Å². The molecule has 22 heavy (non-hydrogen) atoms. The van der Waals surface area contributed by atoms with Gasteiger partial charge in [0.05, 0.1) is 24.4 Å². The number of carbonyl (C=O) groups excluding carboxylic acids is 2. The Labute approximate surface area is 133 Å². The molecule has 0 aliphatic carbocycles. The lowest BCUT2D eigenvalue weighted by molar-refractivity contribution is -0.140. The Morgan fingerprint density at radius 3 is 2.55 bits per heavy atom. The molecule has 0 aromatic heterocycles. The molecular weight excluding hydrogens is 363 g/mol. The van der Waals surface area contributed by atoms with Crippen LogP contribution in [-0.2, 0) is 19.1 Å². The molecule has 118 valence electrons. The minimum absolute atomic E-state index is 0.105. The first-order valence-electron chi connectivity index (χ1n) is 5.83. The summed E-state index contributed by atoms with van der Waals surface area (Å²) in [4.78, 5) is 22.6. The monoisotopic (exact) mass is 374 g/mol. The van der Waals surface area contributed by atoms with Crippen molar-refractivity contribution in [3.8, 4) is 0 Å². The number of nitrogens with zero attached hydrogens (tertiary/aromatic N) is 2. The summed E-state index contributed by atoms with van der Waals surface area (Å²) >= 11 is 2.98. The van der Waals surface area contributed by atoms with Gasteiger partial charge in [0, 0.05) is 6.07 Å². The molecule has 0 saturated heterocycles. The van der Waals surface area contributed by atoms with Gasteiger partial charge in [0.25, 0.3) is 0 Å². The fourth-order valence-corrected chi connectivity index (χ4v) is 1.51. The first kappa shape index (κ1) is 17.8. The van der Waals surface area contributed by atoms with Crippen molar-refractivity contribution in [2.75, 3.05) is 14.2 Å². The van der Waals surface area contributed by atoms with E-state index in [0.717, 1.165) is 20.3 Å². The van der Waals surface area contributed by atoms with Crippen LogP contribution in [0.4, 0.5) is 10.1 Å². The Morgan fingerprint density at radius 1 is 1.32 bits per heavy atom. The summed E-state index contributed by atoms with van der Waals surface area (Å²) in [6.07, 6.45) is -0.575. The fraction of sp³-hybridized carbons (Fsp3) is 0.231. The van der Waals surface area contributed by atoms with Crippen LogP contribution in [0.3, 0.4) is 0 Å². The van der Waals surface area contributed by atoms with Gasteiger partial charge in [0.15, 0.2) is 0 Å². The molecule has 0 spiro atoms. The molecule has 9 heteroatoms. The second-order valence-electron chi connectivity index (χ2n) is 3.84. The minimum atomic E-state index is -0.997. The molecule has 1 N–H and O–H groups in total. The molecule has 1 rings (SSSR count). The number of benzene rings is 1. The number of hydrogen-bond acceptors (Lipinski definition) is 7. The smallest absolute Gasteiger partial charge is 0.362 e. The molecule has 0 bridgehead atoms. The number of methoxy groups -OCH3 is 2. The third-order valence-corrected chi connectivity index (χ3v) is 3.00. The topological polar surface area (TPSA) is 97.5 Å². The molecule has 0 aliphatic rings. The van der Waals surface area contributed by atoms with Crippen LogP contribution in [0.1, 0.15) is 6.42 Å². The summed E-state index contributed by atoms with van der Waals surface area (Å²) in [5.41, 5.74) is -0.468. The average Bonchev–Trinajstić information content (AvgIpc) is 2.50. The van der Waals surface area contributed by atoms with Crippen molar-refractivity contribution in [2.24, 2.45) is 10.2 Å². The third-order valence-electron chi connectivity index (χ3n) is 2.36. The highest BCUT2D eigenvalue weighted by Crippen LogP contribution is 2.22. The van der Waals surface area contributed by atoms with Gasteiger partial charge in [0.2, 0.25) is 5.70 Å². The molecule has 0 amide bonds. The zero-order valence-electron chi connectivity index (χ0n) is 11.7. The molecule has 7 nitrogen and oxygen atoms in total. The Balaban J connectivity index is 3.10. The lowest BCUT2D eigenvalue weighted by atomic mass is 10.3. The van der Waals surface area contributed by atoms with Gasteiger partial charge in [-0.2, -0.15) is 5.11 Å². The van der Waals surface area contributed by atoms with E-state index < -0.39 is 35.6 Å². The Hall–Kier alpha value is -2.29. The second-order valence-corrected chi connectivity index (χ2v) is 4.69. The summed E-state index contributed by atoms with van der Waals surface area (Å²) in [5, 5.41) is 16.9. The lowest BCUT2D eigenvalue weighted by Gasteiger charge is -2.03. The number of aliphatic hydroxyl groups excluding tert-OH is 1. The van der Waals surface area contributed by atoms with Crippen LogP contribution in [0.5, 0.6) is 0 Å². The molecule has 1 aromatic rings. The molecule has 0 radical (unpaired) electrons. The van der Waals surface area contributed by atoms with Crippen molar-refractivity contribution < 1.29 is 28.6 Å². The van der Waals surface area contributed by atoms with E-state index in [0.29, 0.717) is 0 Å². The highest BCUT2D eigenvalue weighted by atomic mass is 79.9. The molecular formula is C13H12BrFN2O5. The predicted molar refractivity (Wildman–Crippen MR) is 76.9 cm³/mol. The number of aliphatic hydroxyl groups is 1. The Morgan fingerprint density at radius 2 is 2.00 bits per heavy atom. The van der Waals surface area contributed by atoms with Gasteiger partial charge in [0.1, 0.15) is 18.0 Å². The van der Waals surface area contributed by atoms with Crippen LogP contribution in [0.25, 0.3) is 0 Å². The number of carbonyl (C=O) groups is 2. The van der Waals surface area contributed by atoms with Crippen molar-refractivity contribution >= 4 is 33.6 Å². The van der Waals surface area contributed by atoms with E-state index in [9.17, 15) is 19.1 Å². The molecule has 0 heterocycles. The highest BCUT2D eigenvalue weighted by Gasteiger charge is 2.18. The first-order chi connectivity index (χ1) is 10.4. The SMILES string of the molecule is COC(=O)CC(O)=C(N=Nc1ccc(Br)c(F)c1)C(=O)OC. The van der Waals surface area contributed by atoms with E-state index in [1.165, 1.54) is 12.1 Å². The number of azo groups is 1. The van der Waals surface area contributed by atoms with Crippen molar-refractivity contribution in [1.29, 1.82) is 0 Å². The number of esters is 2. The van der Waals surface area contributed by atoms with Gasteiger partial charge >= 0.3 is 11.9 Å². The van der Waals surface area contributed by atoms with Crippen LogP contribution in [-0.4, -0.2) is 31.3 Å². The molecule has 0 unspecified atom stereocenters. The van der Waals surface area contributed by atoms with Gasteiger partial charge in [-0.1, -0.05) is 0 Å². The van der Waals surface area contributed by atoms with Crippen LogP contribution >= 0.6 is 15.9 Å². The van der Waals surface area contributed by atoms with Crippen LogP contribution in [0.2, 0.25) is 0 Å². The molecule has 1 aromatic carbocycles. The number of ether oxygens (including phenoxy) is 2. The van der Waals surface area contributed by atoms with Crippen molar-refractivity contribution in [3.05, 3.63) is 39.9 Å². The maximum absolute atomic E-state index is 13.3. The lowest BCUT2D eigenvalue weighted by Crippen LogP contribution is -2.09. The predicted octanol–water partition coefficient (Wildman–Crippen LogP) is 3.18. The van der Waals surface area contributed by atoms with E-state index in [2.05, 4.69) is 35.6 Å². The fourth-order valence-electron chi connectivity index (χ4n) is 1.26. The van der Waals surface area contributed by atoms with Gasteiger partial charge in [-0.15, -0.1) is 5.11 Å². The van der Waals surface area contributed by atoms with Crippen LogP contribution < -0.4 is 0 Å². The molecule has 0 saturated carbocycles. The normalized spacial score (nSPS) is 12.0. The summed E-state index contributed by atoms with van der Waals surface area (Å²) in [5.74, 6) is -3.01. The molecule has 0 fully saturated rings. The third kappa shape index (κ3) is 4.92. The van der Waals surface area contributed by atoms with E-state index >= 15 is 0 Å². The Kier molecular flexibility index (Phi) is 6.64. The van der Waals surface area contributed by atoms with Crippen molar-refractivity contribution in [2.45, 2.75) is 6.42 Å². The average molecular weight is 375 g/mol. The zero-order chi connectivity index (χ0) is 16.7.